The number of carbonyl (C=O) groups is 2. The van der Waals surface area contributed by atoms with Gasteiger partial charge < -0.3 is 31.1 Å². The molecule has 148 valence electrons. The van der Waals surface area contributed by atoms with Crippen LogP contribution in [0.15, 0.2) is 29.3 Å². The van der Waals surface area contributed by atoms with Crippen molar-refractivity contribution >= 4 is 18.0 Å². The molecule has 0 bridgehead atoms. The number of guanidine groups is 1. The normalized spacial score (nSPS) is 15.3. The molecule has 0 atom stereocenters. The number of hydrogen-bond donors (Lipinski definition) is 4. The lowest BCUT2D eigenvalue weighted by Crippen LogP contribution is -2.48. The zero-order chi connectivity index (χ0) is 19.6. The summed E-state index contributed by atoms with van der Waals surface area (Å²) in [6.45, 7) is 4.10. The van der Waals surface area contributed by atoms with E-state index in [1.54, 1.807) is 24.0 Å². The molecule has 1 saturated heterocycles. The number of rotatable bonds is 6. The minimum atomic E-state index is -0.276. The fourth-order valence-electron chi connectivity index (χ4n) is 2.74. The molecule has 2 rings (SSSR count). The van der Waals surface area contributed by atoms with Gasteiger partial charge >= 0.3 is 6.09 Å². The number of nitrogens with two attached hydrogens (primary N) is 1. The highest BCUT2D eigenvalue weighted by Gasteiger charge is 2.23. The predicted octanol–water partition coefficient (Wildman–Crippen LogP) is 0.647. The molecule has 5 N–H and O–H groups in total. The largest absolute Gasteiger partial charge is 0.508 e. The molecule has 1 aromatic rings. The molecule has 1 heterocycles. The van der Waals surface area contributed by atoms with Gasteiger partial charge in [0.1, 0.15) is 5.75 Å². The Hall–Kier alpha value is -2.97. The Kier molecular flexibility index (Phi) is 7.72. The lowest BCUT2D eigenvalue weighted by molar-refractivity contribution is 0.0949. The van der Waals surface area contributed by atoms with Crippen molar-refractivity contribution in [2.24, 2.45) is 10.7 Å². The number of hydrogen-bond acceptors (Lipinski definition) is 5. The van der Waals surface area contributed by atoms with Gasteiger partial charge in [-0.3, -0.25) is 9.79 Å². The van der Waals surface area contributed by atoms with Crippen molar-refractivity contribution < 1.29 is 19.4 Å². The Balaban J connectivity index is 1.65. The van der Waals surface area contributed by atoms with Crippen LogP contribution in [-0.2, 0) is 4.74 Å². The lowest BCUT2D eigenvalue weighted by atomic mass is 10.1. The maximum atomic E-state index is 11.9. The van der Waals surface area contributed by atoms with Crippen LogP contribution in [0.25, 0.3) is 0 Å². The molecule has 0 aromatic heterocycles. The second-order valence-electron chi connectivity index (χ2n) is 6.17. The number of piperidine rings is 1. The molecule has 1 aromatic carbocycles. The highest BCUT2D eigenvalue weighted by Crippen LogP contribution is 2.11. The minimum Gasteiger partial charge on any atom is -0.508 e. The summed E-state index contributed by atoms with van der Waals surface area (Å²) in [4.78, 5) is 29.5. The number of likely N-dealkylation sites (tertiary alicyclic amines) is 1. The van der Waals surface area contributed by atoms with Crippen molar-refractivity contribution in [2.45, 2.75) is 25.8 Å². The first-order valence-electron chi connectivity index (χ1n) is 9.05. The highest BCUT2D eigenvalue weighted by molar-refractivity contribution is 5.94. The zero-order valence-electron chi connectivity index (χ0n) is 15.5. The molecule has 0 aliphatic carbocycles. The van der Waals surface area contributed by atoms with Gasteiger partial charge in [-0.1, -0.05) is 0 Å². The van der Waals surface area contributed by atoms with E-state index < -0.39 is 0 Å². The van der Waals surface area contributed by atoms with E-state index in [4.69, 9.17) is 10.5 Å². The first kappa shape index (κ1) is 20.3. The van der Waals surface area contributed by atoms with E-state index in [-0.39, 0.29) is 23.8 Å². The SMILES string of the molecule is CCOC(=O)N1CCC(NC(N)=NCCNC(=O)c2ccc(O)cc2)CC1. The van der Waals surface area contributed by atoms with E-state index in [1.165, 1.54) is 12.1 Å². The number of aliphatic imine (C=N–C) groups is 1. The number of carbonyl (C=O) groups excluding carboxylic acids is 2. The van der Waals surface area contributed by atoms with Gasteiger partial charge in [0.2, 0.25) is 0 Å². The van der Waals surface area contributed by atoms with Crippen molar-refractivity contribution in [3.63, 3.8) is 0 Å². The Labute approximate surface area is 158 Å². The number of nitrogens with one attached hydrogen (secondary N) is 2. The first-order chi connectivity index (χ1) is 13.0. The lowest BCUT2D eigenvalue weighted by Gasteiger charge is -2.31. The average Bonchev–Trinajstić information content (AvgIpc) is 2.66. The van der Waals surface area contributed by atoms with Gasteiger partial charge in [0, 0.05) is 31.2 Å². The van der Waals surface area contributed by atoms with Crippen molar-refractivity contribution in [1.82, 2.24) is 15.5 Å². The number of aromatic hydroxyl groups is 1. The summed E-state index contributed by atoms with van der Waals surface area (Å²) in [6, 6.07) is 6.18. The molecular formula is C18H27N5O4. The van der Waals surface area contributed by atoms with Crippen LogP contribution < -0.4 is 16.4 Å². The third kappa shape index (κ3) is 6.69. The van der Waals surface area contributed by atoms with Crippen LogP contribution in [0.4, 0.5) is 4.79 Å². The molecule has 27 heavy (non-hydrogen) atoms. The smallest absolute Gasteiger partial charge is 0.409 e. The van der Waals surface area contributed by atoms with Crippen molar-refractivity contribution in [1.29, 1.82) is 0 Å². The summed E-state index contributed by atoms with van der Waals surface area (Å²) in [5, 5.41) is 15.1. The minimum absolute atomic E-state index is 0.114. The van der Waals surface area contributed by atoms with Crippen LogP contribution in [0.1, 0.15) is 30.1 Å². The van der Waals surface area contributed by atoms with Crippen LogP contribution in [0.3, 0.4) is 0 Å². The molecule has 1 aliphatic heterocycles. The first-order valence-corrected chi connectivity index (χ1v) is 9.05. The third-order valence-electron chi connectivity index (χ3n) is 4.18. The van der Waals surface area contributed by atoms with Gasteiger partial charge in [-0.25, -0.2) is 4.79 Å². The number of phenols is 1. The molecule has 0 unspecified atom stereocenters. The number of amides is 2. The fourth-order valence-corrected chi connectivity index (χ4v) is 2.74. The van der Waals surface area contributed by atoms with Gasteiger partial charge in [0.05, 0.1) is 13.2 Å². The predicted molar refractivity (Wildman–Crippen MR) is 102 cm³/mol. The number of nitrogens with zero attached hydrogens (tertiary/aromatic N) is 2. The summed E-state index contributed by atoms with van der Waals surface area (Å²) in [5.74, 6) is 0.203. The van der Waals surface area contributed by atoms with E-state index in [0.29, 0.717) is 44.3 Å². The van der Waals surface area contributed by atoms with Crippen molar-refractivity contribution in [3.05, 3.63) is 29.8 Å². The van der Waals surface area contributed by atoms with Crippen LogP contribution in [0.5, 0.6) is 5.75 Å². The summed E-state index contributed by atoms with van der Waals surface area (Å²) < 4.78 is 4.99. The average molecular weight is 377 g/mol. The van der Waals surface area contributed by atoms with Gasteiger partial charge in [-0.2, -0.15) is 0 Å². The number of benzene rings is 1. The van der Waals surface area contributed by atoms with Gasteiger partial charge in [-0.05, 0) is 44.0 Å². The monoisotopic (exact) mass is 377 g/mol. The molecule has 1 fully saturated rings. The fraction of sp³-hybridized carbons (Fsp3) is 0.500. The van der Waals surface area contributed by atoms with Gasteiger partial charge in [-0.15, -0.1) is 0 Å². The van der Waals surface area contributed by atoms with Crippen LogP contribution in [0.2, 0.25) is 0 Å². The van der Waals surface area contributed by atoms with Gasteiger partial charge in [0.15, 0.2) is 5.96 Å². The molecule has 0 spiro atoms. The summed E-state index contributed by atoms with van der Waals surface area (Å²) >= 11 is 0. The summed E-state index contributed by atoms with van der Waals surface area (Å²) in [5.41, 5.74) is 6.35. The highest BCUT2D eigenvalue weighted by atomic mass is 16.6. The maximum Gasteiger partial charge on any atom is 0.409 e. The van der Waals surface area contributed by atoms with Gasteiger partial charge in [0.25, 0.3) is 5.91 Å². The molecule has 0 radical (unpaired) electrons. The molecule has 1 aliphatic rings. The Morgan fingerprint density at radius 2 is 1.96 bits per heavy atom. The van der Waals surface area contributed by atoms with Crippen LogP contribution >= 0.6 is 0 Å². The number of ether oxygens (including phenoxy) is 1. The third-order valence-corrected chi connectivity index (χ3v) is 4.18. The zero-order valence-corrected chi connectivity index (χ0v) is 15.5. The van der Waals surface area contributed by atoms with E-state index >= 15 is 0 Å². The standard InChI is InChI=1S/C18H27N5O4/c1-2-27-18(26)23-11-7-14(8-12-23)22-17(19)21-10-9-20-16(25)13-3-5-15(24)6-4-13/h3-6,14,24H,2,7-12H2,1H3,(H,20,25)(H3,19,21,22). The molecule has 9 nitrogen and oxygen atoms in total. The van der Waals surface area contributed by atoms with E-state index in [0.717, 1.165) is 12.8 Å². The second-order valence-corrected chi connectivity index (χ2v) is 6.17. The number of phenolic OH excluding ortho intramolecular Hbond substituents is 1. The molecule has 2 amide bonds. The van der Waals surface area contributed by atoms with Crippen LogP contribution in [0, 0.1) is 0 Å². The van der Waals surface area contributed by atoms with E-state index in [9.17, 15) is 14.7 Å². The van der Waals surface area contributed by atoms with Crippen molar-refractivity contribution in [2.75, 3.05) is 32.8 Å². The summed E-state index contributed by atoms with van der Waals surface area (Å²) in [6.07, 6.45) is 1.26. The molecule has 9 heteroatoms. The summed E-state index contributed by atoms with van der Waals surface area (Å²) in [7, 11) is 0. The maximum absolute atomic E-state index is 11.9. The topological polar surface area (TPSA) is 129 Å². The second kappa shape index (κ2) is 10.2. The quantitative estimate of drug-likeness (QED) is 0.327. The Morgan fingerprint density at radius 1 is 1.30 bits per heavy atom. The van der Waals surface area contributed by atoms with E-state index in [1.807, 2.05) is 0 Å². The Bertz CT molecular complexity index is 654. The van der Waals surface area contributed by atoms with E-state index in [2.05, 4.69) is 15.6 Å². The van der Waals surface area contributed by atoms with Crippen molar-refractivity contribution in [3.8, 4) is 5.75 Å². The molecular weight excluding hydrogens is 350 g/mol. The van der Waals surface area contributed by atoms with Crippen LogP contribution in [-0.4, -0.2) is 66.8 Å². The molecule has 0 saturated carbocycles. The Morgan fingerprint density at radius 3 is 2.59 bits per heavy atom.